The second-order valence-electron chi connectivity index (χ2n) is 3.75. The number of carbonyl (C=O) groups is 1. The van der Waals surface area contributed by atoms with Crippen LogP contribution in [0.4, 0.5) is 5.69 Å². The first-order valence-electron chi connectivity index (χ1n) is 5.12. The summed E-state index contributed by atoms with van der Waals surface area (Å²) in [5, 5.41) is 6.95. The molecule has 1 N–H and O–H groups in total. The van der Waals surface area contributed by atoms with Gasteiger partial charge in [0, 0.05) is 19.2 Å². The summed E-state index contributed by atoms with van der Waals surface area (Å²) < 4.78 is 6.69. The van der Waals surface area contributed by atoms with E-state index in [1.165, 1.54) is 0 Å². The van der Waals surface area contributed by atoms with E-state index in [1.54, 1.807) is 18.0 Å². The number of ether oxygens (including phenoxy) is 1. The zero-order valence-corrected chi connectivity index (χ0v) is 8.77. The fourth-order valence-corrected chi connectivity index (χ4v) is 1.33. The number of methoxy groups -OCH3 is 1. The Kier molecular flexibility index (Phi) is 3.01. The lowest BCUT2D eigenvalue weighted by Gasteiger charge is -2.00. The first-order valence-corrected chi connectivity index (χ1v) is 5.12. The number of aromatic nitrogens is 2. The number of hydrogen-bond acceptors (Lipinski definition) is 3. The highest BCUT2D eigenvalue weighted by atomic mass is 16.5. The SMILES string of the molecule is COCCn1cc(NC(=O)C2CC2)cn1. The number of hydrogen-bond donors (Lipinski definition) is 1. The van der Waals surface area contributed by atoms with E-state index in [9.17, 15) is 4.79 Å². The quantitative estimate of drug-likeness (QED) is 0.783. The highest BCUT2D eigenvalue weighted by molar-refractivity contribution is 5.93. The van der Waals surface area contributed by atoms with Crippen LogP contribution in [0.1, 0.15) is 12.8 Å². The maximum absolute atomic E-state index is 11.4. The number of nitrogens with one attached hydrogen (secondary N) is 1. The molecule has 0 saturated heterocycles. The lowest BCUT2D eigenvalue weighted by Crippen LogP contribution is -2.12. The minimum atomic E-state index is 0.112. The van der Waals surface area contributed by atoms with E-state index in [2.05, 4.69) is 10.4 Å². The van der Waals surface area contributed by atoms with Gasteiger partial charge in [-0.1, -0.05) is 0 Å². The van der Waals surface area contributed by atoms with Crippen molar-refractivity contribution in [1.82, 2.24) is 9.78 Å². The third-order valence-electron chi connectivity index (χ3n) is 2.37. The molecule has 1 aromatic rings. The molecule has 1 fully saturated rings. The summed E-state index contributed by atoms with van der Waals surface area (Å²) in [4.78, 5) is 11.4. The minimum Gasteiger partial charge on any atom is -0.383 e. The Hall–Kier alpha value is -1.36. The molecule has 1 aliphatic carbocycles. The van der Waals surface area contributed by atoms with Gasteiger partial charge in [0.15, 0.2) is 0 Å². The predicted octanol–water partition coefficient (Wildman–Crippen LogP) is 0.878. The smallest absolute Gasteiger partial charge is 0.227 e. The normalized spacial score (nSPS) is 15.3. The lowest BCUT2D eigenvalue weighted by atomic mass is 10.4. The summed E-state index contributed by atoms with van der Waals surface area (Å²) in [6, 6.07) is 0. The van der Waals surface area contributed by atoms with E-state index in [4.69, 9.17) is 4.74 Å². The van der Waals surface area contributed by atoms with E-state index >= 15 is 0 Å². The van der Waals surface area contributed by atoms with Gasteiger partial charge < -0.3 is 10.1 Å². The van der Waals surface area contributed by atoms with Crippen molar-refractivity contribution in [3.63, 3.8) is 0 Å². The summed E-state index contributed by atoms with van der Waals surface area (Å²) in [7, 11) is 1.65. The molecule has 0 aromatic carbocycles. The van der Waals surface area contributed by atoms with Crippen molar-refractivity contribution in [1.29, 1.82) is 0 Å². The second kappa shape index (κ2) is 4.44. The Labute approximate surface area is 88.4 Å². The summed E-state index contributed by atoms with van der Waals surface area (Å²) in [5.41, 5.74) is 0.767. The number of anilines is 1. The van der Waals surface area contributed by atoms with Gasteiger partial charge in [0.05, 0.1) is 25.0 Å². The van der Waals surface area contributed by atoms with Crippen LogP contribution in [0.3, 0.4) is 0 Å². The summed E-state index contributed by atoms with van der Waals surface area (Å²) >= 11 is 0. The van der Waals surface area contributed by atoms with Gasteiger partial charge in [0.2, 0.25) is 5.91 Å². The van der Waals surface area contributed by atoms with E-state index < -0.39 is 0 Å². The molecule has 1 saturated carbocycles. The number of nitrogens with zero attached hydrogens (tertiary/aromatic N) is 2. The molecule has 5 heteroatoms. The second-order valence-corrected chi connectivity index (χ2v) is 3.75. The van der Waals surface area contributed by atoms with Gasteiger partial charge >= 0.3 is 0 Å². The van der Waals surface area contributed by atoms with E-state index in [-0.39, 0.29) is 11.8 Å². The van der Waals surface area contributed by atoms with Gasteiger partial charge in [-0.2, -0.15) is 5.10 Å². The summed E-state index contributed by atoms with van der Waals surface area (Å²) in [5.74, 6) is 0.341. The predicted molar refractivity (Wildman–Crippen MR) is 55.5 cm³/mol. The van der Waals surface area contributed by atoms with Gasteiger partial charge in [-0.15, -0.1) is 0 Å². The van der Waals surface area contributed by atoms with E-state index in [1.807, 2.05) is 6.20 Å². The maximum atomic E-state index is 11.4. The molecule has 82 valence electrons. The van der Waals surface area contributed by atoms with Crippen LogP contribution in [0.5, 0.6) is 0 Å². The van der Waals surface area contributed by atoms with Crippen LogP contribution in [0.2, 0.25) is 0 Å². The zero-order valence-electron chi connectivity index (χ0n) is 8.77. The number of rotatable bonds is 5. The molecule has 0 bridgehead atoms. The first-order chi connectivity index (χ1) is 7.29. The molecule has 2 rings (SSSR count). The van der Waals surface area contributed by atoms with Crippen molar-refractivity contribution in [2.75, 3.05) is 19.0 Å². The zero-order chi connectivity index (χ0) is 10.7. The average molecular weight is 209 g/mol. The molecule has 15 heavy (non-hydrogen) atoms. The molecule has 0 unspecified atom stereocenters. The van der Waals surface area contributed by atoms with Crippen molar-refractivity contribution in [3.8, 4) is 0 Å². The monoisotopic (exact) mass is 209 g/mol. The molecule has 1 aromatic heterocycles. The molecule has 0 radical (unpaired) electrons. The van der Waals surface area contributed by atoms with Crippen molar-refractivity contribution in [2.45, 2.75) is 19.4 Å². The van der Waals surface area contributed by atoms with Crippen molar-refractivity contribution >= 4 is 11.6 Å². The molecule has 0 spiro atoms. The van der Waals surface area contributed by atoms with Crippen molar-refractivity contribution in [2.24, 2.45) is 5.92 Å². The van der Waals surface area contributed by atoms with Crippen LogP contribution in [-0.2, 0) is 16.1 Å². The number of amides is 1. The topological polar surface area (TPSA) is 56.1 Å². The molecule has 5 nitrogen and oxygen atoms in total. The fourth-order valence-electron chi connectivity index (χ4n) is 1.33. The van der Waals surface area contributed by atoms with Crippen LogP contribution in [0.25, 0.3) is 0 Å². The summed E-state index contributed by atoms with van der Waals surface area (Å²) in [6.45, 7) is 1.33. The van der Waals surface area contributed by atoms with Crippen LogP contribution in [0, 0.1) is 5.92 Å². The Morgan fingerprint density at radius 3 is 3.20 bits per heavy atom. The molecular weight excluding hydrogens is 194 g/mol. The van der Waals surface area contributed by atoms with Gasteiger partial charge in [-0.05, 0) is 12.8 Å². The van der Waals surface area contributed by atoms with Crippen LogP contribution in [-0.4, -0.2) is 29.4 Å². The van der Waals surface area contributed by atoms with Crippen molar-refractivity contribution < 1.29 is 9.53 Å². The molecule has 0 aliphatic heterocycles. The minimum absolute atomic E-state index is 0.112. The van der Waals surface area contributed by atoms with E-state index in [0.717, 1.165) is 18.5 Å². The Morgan fingerprint density at radius 1 is 1.73 bits per heavy atom. The van der Waals surface area contributed by atoms with Gasteiger partial charge in [-0.25, -0.2) is 0 Å². The van der Waals surface area contributed by atoms with Crippen LogP contribution in [0.15, 0.2) is 12.4 Å². The number of carbonyl (C=O) groups excluding carboxylic acids is 1. The Bertz CT molecular complexity index is 344. The van der Waals surface area contributed by atoms with Crippen LogP contribution >= 0.6 is 0 Å². The Morgan fingerprint density at radius 2 is 2.53 bits per heavy atom. The molecule has 0 atom stereocenters. The molecule has 1 heterocycles. The highest BCUT2D eigenvalue weighted by Crippen LogP contribution is 2.29. The van der Waals surface area contributed by atoms with Gasteiger partial charge in [0.25, 0.3) is 0 Å². The molecule has 1 aliphatic rings. The maximum Gasteiger partial charge on any atom is 0.227 e. The standard InChI is InChI=1S/C10H15N3O2/c1-15-5-4-13-7-9(6-11-13)12-10(14)8-2-3-8/h6-8H,2-5H2,1H3,(H,12,14). The molecular formula is C10H15N3O2. The fraction of sp³-hybridized carbons (Fsp3) is 0.600. The van der Waals surface area contributed by atoms with Crippen LogP contribution < -0.4 is 5.32 Å². The largest absolute Gasteiger partial charge is 0.383 e. The summed E-state index contributed by atoms with van der Waals surface area (Å²) in [6.07, 6.45) is 5.52. The third kappa shape index (κ3) is 2.79. The first kappa shape index (κ1) is 10.2. The van der Waals surface area contributed by atoms with E-state index in [0.29, 0.717) is 13.2 Å². The third-order valence-corrected chi connectivity index (χ3v) is 2.37. The molecule has 1 amide bonds. The van der Waals surface area contributed by atoms with Crippen molar-refractivity contribution in [3.05, 3.63) is 12.4 Å². The highest BCUT2D eigenvalue weighted by Gasteiger charge is 2.29. The van der Waals surface area contributed by atoms with Gasteiger partial charge in [-0.3, -0.25) is 9.48 Å². The Balaban J connectivity index is 1.85. The lowest BCUT2D eigenvalue weighted by molar-refractivity contribution is -0.117. The van der Waals surface area contributed by atoms with Gasteiger partial charge in [0.1, 0.15) is 0 Å². The average Bonchev–Trinajstić information content (AvgIpc) is 2.99.